The van der Waals surface area contributed by atoms with Crippen molar-refractivity contribution in [3.8, 4) is 0 Å². The standard InChI is InChI=1S/C21H21N5O2/c1-14-6-5-7-15(12-14)26-20(27)11-10-17(24-26)21(28)22-13-19-23-16-8-3-4-9-18(16)25(19)2/h3-9,12H,10-11,13H2,1-2H3,(H,22,28). The number of nitrogens with zero attached hydrogens (tertiary/aromatic N) is 4. The first-order chi connectivity index (χ1) is 13.5. The summed E-state index contributed by atoms with van der Waals surface area (Å²) in [5, 5.41) is 8.51. The molecule has 1 aliphatic rings. The summed E-state index contributed by atoms with van der Waals surface area (Å²) < 4.78 is 1.96. The van der Waals surface area contributed by atoms with Crippen LogP contribution in [0.2, 0.25) is 0 Å². The van der Waals surface area contributed by atoms with Gasteiger partial charge in [-0.25, -0.2) is 9.99 Å². The quantitative estimate of drug-likeness (QED) is 0.761. The van der Waals surface area contributed by atoms with Crippen LogP contribution >= 0.6 is 0 Å². The number of imidazole rings is 1. The van der Waals surface area contributed by atoms with E-state index in [1.54, 1.807) is 0 Å². The molecule has 0 saturated carbocycles. The molecule has 0 radical (unpaired) electrons. The second-order valence-corrected chi connectivity index (χ2v) is 6.85. The molecule has 0 spiro atoms. The molecule has 4 rings (SSSR count). The first kappa shape index (κ1) is 17.9. The average molecular weight is 375 g/mol. The number of carbonyl (C=O) groups excluding carboxylic acids is 2. The lowest BCUT2D eigenvalue weighted by atomic mass is 10.1. The van der Waals surface area contributed by atoms with E-state index in [0.717, 1.165) is 22.4 Å². The molecule has 3 aromatic rings. The molecule has 2 heterocycles. The molecule has 1 aromatic heterocycles. The summed E-state index contributed by atoms with van der Waals surface area (Å²) in [7, 11) is 1.92. The van der Waals surface area contributed by atoms with Gasteiger partial charge in [-0.2, -0.15) is 5.10 Å². The molecule has 28 heavy (non-hydrogen) atoms. The Morgan fingerprint density at radius 1 is 1.14 bits per heavy atom. The number of rotatable bonds is 4. The molecular weight excluding hydrogens is 354 g/mol. The number of aromatic nitrogens is 2. The van der Waals surface area contributed by atoms with Gasteiger partial charge in [0.1, 0.15) is 11.5 Å². The smallest absolute Gasteiger partial charge is 0.267 e. The van der Waals surface area contributed by atoms with Gasteiger partial charge < -0.3 is 9.88 Å². The Labute approximate surface area is 162 Å². The maximum absolute atomic E-state index is 12.6. The van der Waals surface area contributed by atoms with Gasteiger partial charge in [0.25, 0.3) is 5.91 Å². The summed E-state index contributed by atoms with van der Waals surface area (Å²) in [6.07, 6.45) is 0.585. The number of nitrogens with one attached hydrogen (secondary N) is 1. The van der Waals surface area contributed by atoms with E-state index in [1.807, 2.05) is 67.1 Å². The molecule has 0 bridgehead atoms. The Bertz CT molecular complexity index is 1100. The summed E-state index contributed by atoms with van der Waals surface area (Å²) in [5.41, 5.74) is 3.95. The number of aryl methyl sites for hydroxylation is 2. The van der Waals surface area contributed by atoms with Crippen molar-refractivity contribution in [2.45, 2.75) is 26.3 Å². The third-order valence-electron chi connectivity index (χ3n) is 4.83. The van der Waals surface area contributed by atoms with E-state index in [1.165, 1.54) is 5.01 Å². The van der Waals surface area contributed by atoms with Crippen molar-refractivity contribution in [2.75, 3.05) is 5.01 Å². The first-order valence-corrected chi connectivity index (χ1v) is 9.18. The summed E-state index contributed by atoms with van der Waals surface area (Å²) in [6, 6.07) is 15.3. The zero-order valence-corrected chi connectivity index (χ0v) is 15.8. The highest BCUT2D eigenvalue weighted by Crippen LogP contribution is 2.21. The van der Waals surface area contributed by atoms with E-state index in [4.69, 9.17) is 0 Å². The van der Waals surface area contributed by atoms with Gasteiger partial charge in [0.2, 0.25) is 5.91 Å². The van der Waals surface area contributed by atoms with Crippen molar-refractivity contribution >= 4 is 34.2 Å². The van der Waals surface area contributed by atoms with Gasteiger partial charge in [-0.15, -0.1) is 0 Å². The number of hydrogen-bond acceptors (Lipinski definition) is 4. The third-order valence-corrected chi connectivity index (χ3v) is 4.83. The second-order valence-electron chi connectivity index (χ2n) is 6.85. The molecule has 0 fully saturated rings. The molecule has 0 atom stereocenters. The molecule has 2 aromatic carbocycles. The summed E-state index contributed by atoms with van der Waals surface area (Å²) in [6.45, 7) is 2.24. The predicted molar refractivity (Wildman–Crippen MR) is 108 cm³/mol. The lowest BCUT2D eigenvalue weighted by Gasteiger charge is -2.23. The summed E-state index contributed by atoms with van der Waals surface area (Å²) >= 11 is 0. The van der Waals surface area contributed by atoms with Crippen LogP contribution in [0.3, 0.4) is 0 Å². The largest absolute Gasteiger partial charge is 0.344 e. The van der Waals surface area contributed by atoms with Crippen molar-refractivity contribution in [1.82, 2.24) is 14.9 Å². The molecule has 0 aliphatic carbocycles. The van der Waals surface area contributed by atoms with Crippen molar-refractivity contribution in [3.05, 3.63) is 59.9 Å². The highest BCUT2D eigenvalue weighted by atomic mass is 16.2. The molecule has 1 N–H and O–H groups in total. The number of carbonyl (C=O) groups is 2. The summed E-state index contributed by atoms with van der Waals surface area (Å²) in [5.74, 6) is 0.368. The minimum atomic E-state index is -0.280. The van der Waals surface area contributed by atoms with E-state index >= 15 is 0 Å². The number of benzene rings is 2. The maximum atomic E-state index is 12.6. The van der Waals surface area contributed by atoms with Crippen molar-refractivity contribution in [2.24, 2.45) is 12.1 Å². The Morgan fingerprint density at radius 2 is 1.96 bits per heavy atom. The minimum Gasteiger partial charge on any atom is -0.344 e. The monoisotopic (exact) mass is 375 g/mol. The van der Waals surface area contributed by atoms with Crippen molar-refractivity contribution < 1.29 is 9.59 Å². The highest BCUT2D eigenvalue weighted by Gasteiger charge is 2.25. The highest BCUT2D eigenvalue weighted by molar-refractivity contribution is 6.40. The number of para-hydroxylation sites is 2. The van der Waals surface area contributed by atoms with Gasteiger partial charge in [-0.1, -0.05) is 24.3 Å². The molecule has 0 unspecified atom stereocenters. The number of anilines is 1. The summed E-state index contributed by atoms with van der Waals surface area (Å²) in [4.78, 5) is 29.5. The van der Waals surface area contributed by atoms with Crippen LogP contribution in [0.1, 0.15) is 24.2 Å². The van der Waals surface area contributed by atoms with Crippen LogP contribution in [0.15, 0.2) is 53.6 Å². The lowest BCUT2D eigenvalue weighted by Crippen LogP contribution is -2.39. The fourth-order valence-electron chi connectivity index (χ4n) is 3.29. The van der Waals surface area contributed by atoms with Gasteiger partial charge in [-0.3, -0.25) is 9.59 Å². The second kappa shape index (κ2) is 7.26. The van der Waals surface area contributed by atoms with Crippen LogP contribution in [0.5, 0.6) is 0 Å². The lowest BCUT2D eigenvalue weighted by molar-refractivity contribution is -0.119. The van der Waals surface area contributed by atoms with Crippen molar-refractivity contribution in [1.29, 1.82) is 0 Å². The normalized spacial score (nSPS) is 14.3. The average Bonchev–Trinajstić information content (AvgIpc) is 3.02. The van der Waals surface area contributed by atoms with E-state index < -0.39 is 0 Å². The molecule has 7 heteroatoms. The van der Waals surface area contributed by atoms with Crippen LogP contribution in [0.4, 0.5) is 5.69 Å². The zero-order valence-electron chi connectivity index (χ0n) is 15.8. The van der Waals surface area contributed by atoms with E-state index in [-0.39, 0.29) is 18.2 Å². The SMILES string of the molecule is Cc1cccc(N2N=C(C(=O)NCc3nc4ccccc4n3C)CCC2=O)c1. The van der Waals surface area contributed by atoms with Crippen LogP contribution < -0.4 is 10.3 Å². The molecule has 0 saturated heterocycles. The number of fused-ring (bicyclic) bond motifs is 1. The third kappa shape index (κ3) is 3.38. The number of hydrogen-bond donors (Lipinski definition) is 1. The zero-order chi connectivity index (χ0) is 19.7. The molecule has 2 amide bonds. The topological polar surface area (TPSA) is 79.6 Å². The fraction of sp³-hybridized carbons (Fsp3) is 0.238. The molecule has 142 valence electrons. The van der Waals surface area contributed by atoms with E-state index in [9.17, 15) is 9.59 Å². The Kier molecular flexibility index (Phi) is 4.65. The van der Waals surface area contributed by atoms with Gasteiger partial charge >= 0.3 is 0 Å². The molecule has 7 nitrogen and oxygen atoms in total. The van der Waals surface area contributed by atoms with Crippen LogP contribution in [0.25, 0.3) is 11.0 Å². The van der Waals surface area contributed by atoms with Gasteiger partial charge in [0.05, 0.1) is 23.3 Å². The minimum absolute atomic E-state index is 0.113. The number of amides is 2. The number of hydrazone groups is 1. The molecular formula is C21H21N5O2. The van der Waals surface area contributed by atoms with Crippen LogP contribution in [-0.2, 0) is 23.2 Å². The first-order valence-electron chi connectivity index (χ1n) is 9.18. The maximum Gasteiger partial charge on any atom is 0.267 e. The fourth-order valence-corrected chi connectivity index (χ4v) is 3.29. The Hall–Kier alpha value is -3.48. The van der Waals surface area contributed by atoms with Gasteiger partial charge in [0.15, 0.2) is 0 Å². The molecule has 1 aliphatic heterocycles. The van der Waals surface area contributed by atoms with Crippen LogP contribution in [0, 0.1) is 6.92 Å². The van der Waals surface area contributed by atoms with Crippen molar-refractivity contribution in [3.63, 3.8) is 0 Å². The van der Waals surface area contributed by atoms with Gasteiger partial charge in [-0.05, 0) is 36.8 Å². The van der Waals surface area contributed by atoms with E-state index in [2.05, 4.69) is 15.4 Å². The Balaban J connectivity index is 1.51. The van der Waals surface area contributed by atoms with Gasteiger partial charge in [0, 0.05) is 19.9 Å². The Morgan fingerprint density at radius 3 is 2.75 bits per heavy atom. The van der Waals surface area contributed by atoms with E-state index in [0.29, 0.717) is 24.4 Å². The predicted octanol–water partition coefficient (Wildman–Crippen LogP) is 2.68. The van der Waals surface area contributed by atoms with Crippen LogP contribution in [-0.4, -0.2) is 27.1 Å².